The van der Waals surface area contributed by atoms with E-state index in [4.69, 9.17) is 5.73 Å². The number of carbonyl (C=O) groups is 1. The molecule has 2 rings (SSSR count). The minimum absolute atomic E-state index is 0. The summed E-state index contributed by atoms with van der Waals surface area (Å²) >= 11 is 0. The van der Waals surface area contributed by atoms with Crippen molar-refractivity contribution in [3.8, 4) is 0 Å². The van der Waals surface area contributed by atoms with Crippen LogP contribution in [0.4, 0.5) is 0 Å². The second kappa shape index (κ2) is 6.21. The van der Waals surface area contributed by atoms with E-state index in [1.54, 1.807) is 0 Å². The van der Waals surface area contributed by atoms with Gasteiger partial charge in [-0.05, 0) is 30.9 Å². The molecule has 0 saturated heterocycles. The lowest BCUT2D eigenvalue weighted by Crippen LogP contribution is -2.38. The van der Waals surface area contributed by atoms with Crippen LogP contribution in [0.1, 0.15) is 25.3 Å². The van der Waals surface area contributed by atoms with Gasteiger partial charge in [-0.2, -0.15) is 0 Å². The minimum Gasteiger partial charge on any atom is -0.355 e. The highest BCUT2D eigenvalue weighted by molar-refractivity contribution is 5.91. The Labute approximate surface area is 115 Å². The molecule has 1 atom stereocenters. The molecule has 1 aliphatic carbocycles. The SMILES string of the molecule is CC(CN)CNC(=O)C1(c2ccccc2)CC1.Cl. The Morgan fingerprint density at radius 3 is 2.50 bits per heavy atom. The summed E-state index contributed by atoms with van der Waals surface area (Å²) in [5.41, 5.74) is 6.43. The number of rotatable bonds is 5. The molecule has 0 aromatic heterocycles. The van der Waals surface area contributed by atoms with Gasteiger partial charge in [-0.1, -0.05) is 37.3 Å². The Hall–Kier alpha value is -1.06. The first-order valence-corrected chi connectivity index (χ1v) is 6.23. The molecule has 1 aromatic carbocycles. The maximum Gasteiger partial charge on any atom is 0.230 e. The van der Waals surface area contributed by atoms with E-state index in [-0.39, 0.29) is 23.7 Å². The Bertz CT molecular complexity index is 390. The molecule has 1 unspecified atom stereocenters. The van der Waals surface area contributed by atoms with Gasteiger partial charge in [0, 0.05) is 6.54 Å². The van der Waals surface area contributed by atoms with Crippen LogP contribution >= 0.6 is 12.4 Å². The maximum atomic E-state index is 12.2. The van der Waals surface area contributed by atoms with E-state index in [2.05, 4.69) is 5.32 Å². The van der Waals surface area contributed by atoms with Crippen LogP contribution in [0.25, 0.3) is 0 Å². The van der Waals surface area contributed by atoms with Crippen LogP contribution in [0.3, 0.4) is 0 Å². The molecule has 1 amide bonds. The molecule has 3 nitrogen and oxygen atoms in total. The Morgan fingerprint density at radius 1 is 1.39 bits per heavy atom. The summed E-state index contributed by atoms with van der Waals surface area (Å²) in [7, 11) is 0. The van der Waals surface area contributed by atoms with Crippen LogP contribution in [-0.2, 0) is 10.2 Å². The molecular weight excluding hydrogens is 248 g/mol. The first kappa shape index (κ1) is 15.0. The highest BCUT2D eigenvalue weighted by Gasteiger charge is 2.50. The first-order valence-electron chi connectivity index (χ1n) is 6.23. The van der Waals surface area contributed by atoms with E-state index in [9.17, 15) is 4.79 Å². The smallest absolute Gasteiger partial charge is 0.230 e. The fraction of sp³-hybridized carbons (Fsp3) is 0.500. The Kier molecular flexibility index (Phi) is 5.17. The van der Waals surface area contributed by atoms with E-state index in [0.717, 1.165) is 18.4 Å². The van der Waals surface area contributed by atoms with Gasteiger partial charge in [-0.25, -0.2) is 0 Å². The molecule has 1 saturated carbocycles. The van der Waals surface area contributed by atoms with Crippen LogP contribution < -0.4 is 11.1 Å². The molecule has 1 fully saturated rings. The van der Waals surface area contributed by atoms with Gasteiger partial charge in [-0.3, -0.25) is 4.79 Å². The number of benzene rings is 1. The Morgan fingerprint density at radius 2 is 2.00 bits per heavy atom. The summed E-state index contributed by atoms with van der Waals surface area (Å²) in [5.74, 6) is 0.495. The molecule has 100 valence electrons. The number of amides is 1. The van der Waals surface area contributed by atoms with E-state index < -0.39 is 0 Å². The van der Waals surface area contributed by atoms with Crippen molar-refractivity contribution in [2.45, 2.75) is 25.2 Å². The maximum absolute atomic E-state index is 12.2. The van der Waals surface area contributed by atoms with Crippen LogP contribution in [-0.4, -0.2) is 19.0 Å². The van der Waals surface area contributed by atoms with Gasteiger partial charge in [0.25, 0.3) is 0 Å². The van der Waals surface area contributed by atoms with Crippen LogP contribution in [0.2, 0.25) is 0 Å². The third kappa shape index (κ3) is 3.03. The summed E-state index contributed by atoms with van der Waals surface area (Å²) in [6.07, 6.45) is 1.92. The van der Waals surface area contributed by atoms with Crippen molar-refractivity contribution in [2.24, 2.45) is 11.7 Å². The molecular formula is C14H21ClN2O. The number of halogens is 1. The summed E-state index contributed by atoms with van der Waals surface area (Å²) in [4.78, 5) is 12.2. The van der Waals surface area contributed by atoms with Crippen molar-refractivity contribution in [3.05, 3.63) is 35.9 Å². The number of nitrogens with two attached hydrogens (primary N) is 1. The molecule has 0 radical (unpaired) electrons. The van der Waals surface area contributed by atoms with Crippen molar-refractivity contribution in [2.75, 3.05) is 13.1 Å². The average Bonchev–Trinajstić information content (AvgIpc) is 3.18. The number of hydrogen-bond acceptors (Lipinski definition) is 2. The molecule has 4 heteroatoms. The summed E-state index contributed by atoms with van der Waals surface area (Å²) in [5, 5.41) is 3.02. The van der Waals surface area contributed by atoms with Crippen LogP contribution in [0.5, 0.6) is 0 Å². The van der Waals surface area contributed by atoms with Gasteiger partial charge in [0.1, 0.15) is 0 Å². The normalized spacial score (nSPS) is 17.4. The van der Waals surface area contributed by atoms with E-state index >= 15 is 0 Å². The largest absolute Gasteiger partial charge is 0.355 e. The third-order valence-electron chi connectivity index (χ3n) is 3.52. The zero-order chi connectivity index (χ0) is 12.3. The number of carbonyl (C=O) groups excluding carboxylic acids is 1. The third-order valence-corrected chi connectivity index (χ3v) is 3.52. The summed E-state index contributed by atoms with van der Waals surface area (Å²) in [6.45, 7) is 3.32. The average molecular weight is 269 g/mol. The van der Waals surface area contributed by atoms with Gasteiger partial charge < -0.3 is 11.1 Å². The molecule has 0 spiro atoms. The highest BCUT2D eigenvalue weighted by atomic mass is 35.5. The van der Waals surface area contributed by atoms with E-state index in [0.29, 0.717) is 19.0 Å². The zero-order valence-electron chi connectivity index (χ0n) is 10.7. The lowest BCUT2D eigenvalue weighted by atomic mass is 9.95. The van der Waals surface area contributed by atoms with Gasteiger partial charge in [-0.15, -0.1) is 12.4 Å². The number of hydrogen-bond donors (Lipinski definition) is 2. The molecule has 18 heavy (non-hydrogen) atoms. The fourth-order valence-corrected chi connectivity index (χ4v) is 2.05. The van der Waals surface area contributed by atoms with Gasteiger partial charge in [0.2, 0.25) is 5.91 Å². The van der Waals surface area contributed by atoms with Gasteiger partial charge in [0.05, 0.1) is 5.41 Å². The minimum atomic E-state index is -0.254. The lowest BCUT2D eigenvalue weighted by molar-refractivity contribution is -0.123. The number of nitrogens with one attached hydrogen (secondary N) is 1. The standard InChI is InChI=1S/C14H20N2O.ClH/c1-11(9-15)10-16-13(17)14(7-8-14)12-5-3-2-4-6-12;/h2-6,11H,7-10,15H2,1H3,(H,16,17);1H. The second-order valence-electron chi connectivity index (χ2n) is 5.00. The summed E-state index contributed by atoms with van der Waals surface area (Å²) in [6, 6.07) is 10.0. The van der Waals surface area contributed by atoms with E-state index in [1.165, 1.54) is 0 Å². The van der Waals surface area contributed by atoms with Crippen molar-refractivity contribution in [1.82, 2.24) is 5.32 Å². The van der Waals surface area contributed by atoms with Crippen molar-refractivity contribution in [3.63, 3.8) is 0 Å². The van der Waals surface area contributed by atoms with Gasteiger partial charge >= 0.3 is 0 Å². The molecule has 1 aliphatic rings. The molecule has 0 heterocycles. The van der Waals surface area contributed by atoms with Crippen molar-refractivity contribution in [1.29, 1.82) is 0 Å². The second-order valence-corrected chi connectivity index (χ2v) is 5.00. The molecule has 3 N–H and O–H groups in total. The zero-order valence-corrected chi connectivity index (χ0v) is 11.5. The van der Waals surface area contributed by atoms with Crippen molar-refractivity contribution >= 4 is 18.3 Å². The predicted octanol–water partition coefficient (Wildman–Crippen LogP) is 1.85. The lowest BCUT2D eigenvalue weighted by Gasteiger charge is -2.17. The Balaban J connectivity index is 0.00000162. The molecule has 0 aliphatic heterocycles. The molecule has 0 bridgehead atoms. The highest BCUT2D eigenvalue weighted by Crippen LogP contribution is 2.48. The van der Waals surface area contributed by atoms with Crippen molar-refractivity contribution < 1.29 is 4.79 Å². The monoisotopic (exact) mass is 268 g/mol. The van der Waals surface area contributed by atoms with Crippen LogP contribution in [0.15, 0.2) is 30.3 Å². The predicted molar refractivity (Wildman–Crippen MR) is 75.8 cm³/mol. The topological polar surface area (TPSA) is 55.1 Å². The van der Waals surface area contributed by atoms with Crippen LogP contribution in [0, 0.1) is 5.92 Å². The summed E-state index contributed by atoms with van der Waals surface area (Å²) < 4.78 is 0. The molecule has 1 aromatic rings. The first-order chi connectivity index (χ1) is 8.19. The quantitative estimate of drug-likeness (QED) is 0.856. The van der Waals surface area contributed by atoms with Gasteiger partial charge in [0.15, 0.2) is 0 Å². The van der Waals surface area contributed by atoms with E-state index in [1.807, 2.05) is 37.3 Å². The fourth-order valence-electron chi connectivity index (χ4n) is 2.05.